The van der Waals surface area contributed by atoms with Crippen LogP contribution in [0.1, 0.15) is 32.1 Å². The van der Waals surface area contributed by atoms with E-state index in [4.69, 9.17) is 0 Å². The highest BCUT2D eigenvalue weighted by Crippen LogP contribution is 2.15. The first-order chi connectivity index (χ1) is 3.50. The fourth-order valence-corrected chi connectivity index (χ4v) is 0.884. The van der Waals surface area contributed by atoms with Gasteiger partial charge in [0.05, 0.1) is 0 Å². The second-order valence-electron chi connectivity index (χ2n) is 1.77. The maximum absolute atomic E-state index is 4.50. The van der Waals surface area contributed by atoms with E-state index in [1.165, 1.54) is 39.2 Å². The van der Waals surface area contributed by atoms with E-state index in [1.807, 2.05) is 0 Å². The number of rotatable bonds is 0. The Morgan fingerprint density at radius 3 is 1.00 bits per heavy atom. The molecular weight excluding hydrogens is 86.1 g/mol. The summed E-state index contributed by atoms with van der Waals surface area (Å²) in [6, 6.07) is 0. The van der Waals surface area contributed by atoms with Gasteiger partial charge in [0.25, 0.3) is 0 Å². The van der Waals surface area contributed by atoms with Gasteiger partial charge in [-0.1, -0.05) is 32.1 Å². The van der Waals surface area contributed by atoms with Gasteiger partial charge >= 0.3 is 0 Å². The normalized spacial score (nSPS) is 18.0. The fourth-order valence-electron chi connectivity index (χ4n) is 0.884. The molecule has 0 heterocycles. The molecule has 2 N–H and O–H groups in total. The predicted molar refractivity (Wildman–Crippen MR) is 33.2 cm³/mol. The number of hydrogen-bond acceptors (Lipinski definition) is 1. The first-order valence-corrected chi connectivity index (χ1v) is 3.08. The Morgan fingerprint density at radius 2 is 0.857 bits per heavy atom. The second-order valence-corrected chi connectivity index (χ2v) is 1.77. The summed E-state index contributed by atoms with van der Waals surface area (Å²) >= 11 is 0. The van der Waals surface area contributed by atoms with Crippen LogP contribution in [0.4, 0.5) is 0 Å². The summed E-state index contributed by atoms with van der Waals surface area (Å²) in [6.45, 7) is 0. The summed E-state index contributed by atoms with van der Waals surface area (Å²) in [6.07, 6.45) is 7.50. The molecular formula is C6H15N. The highest BCUT2D eigenvalue weighted by Gasteiger charge is 1.95. The quantitative estimate of drug-likeness (QED) is 0.492. The van der Waals surface area contributed by atoms with Crippen molar-refractivity contribution in [1.82, 2.24) is 0 Å². The van der Waals surface area contributed by atoms with Crippen molar-refractivity contribution in [2.75, 3.05) is 7.05 Å². The lowest BCUT2D eigenvalue weighted by molar-refractivity contribution is 0.886. The first-order valence-electron chi connectivity index (χ1n) is 3.08. The van der Waals surface area contributed by atoms with Gasteiger partial charge in [0.2, 0.25) is 0 Å². The summed E-state index contributed by atoms with van der Waals surface area (Å²) in [5, 5.41) is 0. The van der Waals surface area contributed by atoms with Gasteiger partial charge in [0.1, 0.15) is 0 Å². The van der Waals surface area contributed by atoms with E-state index < -0.39 is 0 Å². The van der Waals surface area contributed by atoms with Crippen LogP contribution in [0.15, 0.2) is 0 Å². The van der Waals surface area contributed by atoms with E-state index in [1.54, 1.807) is 0 Å². The van der Waals surface area contributed by atoms with Crippen LogP contribution in [-0.2, 0) is 0 Å². The Balaban J connectivity index is 0.000000162. The Bertz CT molecular complexity index is 15.8. The van der Waals surface area contributed by atoms with Crippen LogP contribution in [0, 0.1) is 0 Å². The van der Waals surface area contributed by atoms with Gasteiger partial charge in [0, 0.05) is 0 Å². The summed E-state index contributed by atoms with van der Waals surface area (Å²) in [7, 11) is 1.50. The molecule has 1 heteroatoms. The lowest BCUT2D eigenvalue weighted by atomic mass is 10.4. The molecule has 1 fully saturated rings. The molecule has 0 saturated heterocycles. The van der Waals surface area contributed by atoms with Gasteiger partial charge in [-0.05, 0) is 7.05 Å². The molecule has 0 bridgehead atoms. The van der Waals surface area contributed by atoms with Crippen molar-refractivity contribution in [2.24, 2.45) is 5.73 Å². The maximum Gasteiger partial charge on any atom is -0.0195 e. The topological polar surface area (TPSA) is 26.0 Å². The average Bonchev–Trinajstić information content (AvgIpc) is 2.23. The third-order valence-corrected chi connectivity index (χ3v) is 1.25. The molecule has 0 atom stereocenters. The molecule has 1 aliphatic rings. The summed E-state index contributed by atoms with van der Waals surface area (Å²) in [5.74, 6) is 0. The molecule has 0 aliphatic heterocycles. The minimum Gasteiger partial charge on any atom is -0.333 e. The van der Waals surface area contributed by atoms with E-state index >= 15 is 0 Å². The third kappa shape index (κ3) is 3.80. The van der Waals surface area contributed by atoms with Gasteiger partial charge in [-0.25, -0.2) is 0 Å². The number of nitrogens with two attached hydrogens (primary N) is 1. The fraction of sp³-hybridized carbons (Fsp3) is 1.00. The van der Waals surface area contributed by atoms with E-state index in [-0.39, 0.29) is 0 Å². The summed E-state index contributed by atoms with van der Waals surface area (Å²) < 4.78 is 0. The molecule has 0 amide bonds. The number of hydrogen-bond donors (Lipinski definition) is 1. The Hall–Kier alpha value is -0.0400. The Kier molecular flexibility index (Phi) is 5.93. The summed E-state index contributed by atoms with van der Waals surface area (Å²) in [4.78, 5) is 0. The van der Waals surface area contributed by atoms with Gasteiger partial charge in [-0.15, -0.1) is 0 Å². The minimum absolute atomic E-state index is 1.50. The maximum atomic E-state index is 4.50. The van der Waals surface area contributed by atoms with E-state index in [2.05, 4.69) is 5.73 Å². The lowest BCUT2D eigenvalue weighted by Gasteiger charge is -1.67. The van der Waals surface area contributed by atoms with E-state index in [0.717, 1.165) is 0 Å². The molecule has 0 spiro atoms. The van der Waals surface area contributed by atoms with Crippen LogP contribution in [0.3, 0.4) is 0 Å². The van der Waals surface area contributed by atoms with Crippen LogP contribution >= 0.6 is 0 Å². The van der Waals surface area contributed by atoms with E-state index in [9.17, 15) is 0 Å². The Labute approximate surface area is 45.9 Å². The molecule has 1 nitrogen and oxygen atoms in total. The minimum atomic E-state index is 1.50. The zero-order valence-electron chi connectivity index (χ0n) is 5.11. The molecule has 0 radical (unpaired) electrons. The largest absolute Gasteiger partial charge is 0.333 e. The highest BCUT2D eigenvalue weighted by molar-refractivity contribution is 4.51. The molecule has 1 saturated carbocycles. The van der Waals surface area contributed by atoms with Crippen molar-refractivity contribution in [3.05, 3.63) is 0 Å². The average molecular weight is 101 g/mol. The summed E-state index contributed by atoms with van der Waals surface area (Å²) in [5.41, 5.74) is 4.50. The molecule has 0 aromatic rings. The monoisotopic (exact) mass is 101 g/mol. The van der Waals surface area contributed by atoms with Gasteiger partial charge in [-0.3, -0.25) is 0 Å². The molecule has 1 aliphatic carbocycles. The second kappa shape index (κ2) is 5.96. The molecule has 0 aromatic carbocycles. The predicted octanol–water partition coefficient (Wildman–Crippen LogP) is 1.53. The smallest absolute Gasteiger partial charge is 0.0195 e. The van der Waals surface area contributed by atoms with Crippen molar-refractivity contribution < 1.29 is 0 Å². The van der Waals surface area contributed by atoms with Crippen LogP contribution < -0.4 is 5.73 Å². The van der Waals surface area contributed by atoms with Gasteiger partial charge in [0.15, 0.2) is 0 Å². The van der Waals surface area contributed by atoms with Gasteiger partial charge in [-0.2, -0.15) is 0 Å². The first kappa shape index (κ1) is 6.96. The molecule has 7 heavy (non-hydrogen) atoms. The van der Waals surface area contributed by atoms with Crippen molar-refractivity contribution >= 4 is 0 Å². The van der Waals surface area contributed by atoms with Crippen LogP contribution in [0.5, 0.6) is 0 Å². The lowest BCUT2D eigenvalue weighted by Crippen LogP contribution is -1.69. The van der Waals surface area contributed by atoms with Gasteiger partial charge < -0.3 is 5.73 Å². The molecule has 0 unspecified atom stereocenters. The molecule has 1 rings (SSSR count). The van der Waals surface area contributed by atoms with Crippen molar-refractivity contribution in [3.8, 4) is 0 Å². The zero-order valence-corrected chi connectivity index (χ0v) is 5.11. The third-order valence-electron chi connectivity index (χ3n) is 1.25. The Morgan fingerprint density at radius 1 is 0.714 bits per heavy atom. The van der Waals surface area contributed by atoms with Crippen molar-refractivity contribution in [3.63, 3.8) is 0 Å². The van der Waals surface area contributed by atoms with Crippen molar-refractivity contribution in [1.29, 1.82) is 0 Å². The van der Waals surface area contributed by atoms with Crippen LogP contribution in [-0.4, -0.2) is 7.05 Å². The SMILES string of the molecule is C1CCCC1.CN. The van der Waals surface area contributed by atoms with Crippen LogP contribution in [0.2, 0.25) is 0 Å². The van der Waals surface area contributed by atoms with E-state index in [0.29, 0.717) is 0 Å². The molecule has 0 aromatic heterocycles. The zero-order chi connectivity index (χ0) is 5.54. The highest BCUT2D eigenvalue weighted by atomic mass is 14.4. The van der Waals surface area contributed by atoms with Crippen LogP contribution in [0.25, 0.3) is 0 Å². The van der Waals surface area contributed by atoms with Crippen molar-refractivity contribution in [2.45, 2.75) is 32.1 Å². The standard InChI is InChI=1S/C5H10.CH5N/c1-2-4-5-3-1;1-2/h1-5H2;2H2,1H3. The molecule has 44 valence electrons.